The SMILES string of the molecule is Nc1ncnc2ncc(Br)cc12. The van der Waals surface area contributed by atoms with Crippen LogP contribution in [-0.4, -0.2) is 15.0 Å². The highest BCUT2D eigenvalue weighted by molar-refractivity contribution is 9.10. The van der Waals surface area contributed by atoms with Crippen LogP contribution in [0.3, 0.4) is 0 Å². The highest BCUT2D eigenvalue weighted by Crippen LogP contribution is 2.18. The number of aromatic nitrogens is 3. The van der Waals surface area contributed by atoms with Crippen LogP contribution in [0.2, 0.25) is 0 Å². The zero-order valence-corrected chi connectivity index (χ0v) is 7.62. The maximum absolute atomic E-state index is 5.61. The molecule has 0 aliphatic carbocycles. The molecule has 0 unspecified atom stereocenters. The molecule has 2 rings (SSSR count). The molecule has 4 nitrogen and oxygen atoms in total. The Bertz CT molecular complexity index is 429. The van der Waals surface area contributed by atoms with Crippen LogP contribution in [0.1, 0.15) is 0 Å². The summed E-state index contributed by atoms with van der Waals surface area (Å²) in [5, 5.41) is 0.770. The van der Waals surface area contributed by atoms with Crippen LogP contribution < -0.4 is 5.73 Å². The van der Waals surface area contributed by atoms with Crippen molar-refractivity contribution < 1.29 is 0 Å². The molecular formula is C7H5BrN4. The summed E-state index contributed by atoms with van der Waals surface area (Å²) in [6, 6.07) is 1.84. The Morgan fingerprint density at radius 2 is 2.08 bits per heavy atom. The zero-order valence-electron chi connectivity index (χ0n) is 6.03. The fraction of sp³-hybridized carbons (Fsp3) is 0. The minimum absolute atomic E-state index is 0.453. The van der Waals surface area contributed by atoms with E-state index in [1.807, 2.05) is 6.07 Å². The predicted octanol–water partition coefficient (Wildman–Crippen LogP) is 1.37. The van der Waals surface area contributed by atoms with Crippen molar-refractivity contribution in [1.29, 1.82) is 0 Å². The first-order valence-corrected chi connectivity index (χ1v) is 4.08. The quantitative estimate of drug-likeness (QED) is 0.735. The molecule has 2 aromatic heterocycles. The Kier molecular flexibility index (Phi) is 1.65. The number of nitrogens with two attached hydrogens (primary N) is 1. The van der Waals surface area contributed by atoms with Crippen molar-refractivity contribution in [2.75, 3.05) is 5.73 Å². The second-order valence-electron chi connectivity index (χ2n) is 2.28. The van der Waals surface area contributed by atoms with E-state index in [9.17, 15) is 0 Å². The third kappa shape index (κ3) is 1.12. The molecule has 0 aromatic carbocycles. The molecule has 0 aliphatic rings. The van der Waals surface area contributed by atoms with Crippen molar-refractivity contribution >= 4 is 32.8 Å². The van der Waals surface area contributed by atoms with Crippen molar-refractivity contribution in [1.82, 2.24) is 15.0 Å². The zero-order chi connectivity index (χ0) is 8.55. The summed E-state index contributed by atoms with van der Waals surface area (Å²) in [6.07, 6.45) is 3.08. The van der Waals surface area contributed by atoms with Gasteiger partial charge in [0.15, 0.2) is 5.65 Å². The van der Waals surface area contributed by atoms with Crippen LogP contribution in [-0.2, 0) is 0 Å². The molecule has 60 valence electrons. The Labute approximate surface area is 77.0 Å². The molecular weight excluding hydrogens is 220 g/mol. The van der Waals surface area contributed by atoms with Crippen molar-refractivity contribution in [2.45, 2.75) is 0 Å². The third-order valence-corrected chi connectivity index (χ3v) is 1.92. The lowest BCUT2D eigenvalue weighted by atomic mass is 10.3. The number of halogens is 1. The summed E-state index contributed by atoms with van der Waals surface area (Å²) in [7, 11) is 0. The molecule has 0 saturated heterocycles. The van der Waals surface area contributed by atoms with Crippen molar-refractivity contribution in [3.63, 3.8) is 0 Å². The fourth-order valence-electron chi connectivity index (χ4n) is 0.939. The molecule has 0 spiro atoms. The molecule has 0 atom stereocenters. The summed E-state index contributed by atoms with van der Waals surface area (Å²) in [6.45, 7) is 0. The molecule has 5 heteroatoms. The molecule has 0 radical (unpaired) electrons. The lowest BCUT2D eigenvalue weighted by Crippen LogP contribution is -1.94. The number of anilines is 1. The largest absolute Gasteiger partial charge is 0.383 e. The molecule has 2 N–H and O–H groups in total. The molecule has 2 heterocycles. The lowest BCUT2D eigenvalue weighted by molar-refractivity contribution is 1.18. The predicted molar refractivity (Wildman–Crippen MR) is 49.4 cm³/mol. The summed E-state index contributed by atoms with van der Waals surface area (Å²) in [5.74, 6) is 0.453. The first kappa shape index (κ1) is 7.42. The van der Waals surface area contributed by atoms with Crippen LogP contribution in [0.15, 0.2) is 23.1 Å². The standard InChI is InChI=1S/C7H5BrN4/c8-4-1-5-6(9)11-3-12-7(5)10-2-4/h1-3H,(H2,9,10,11,12). The monoisotopic (exact) mass is 224 g/mol. The Hall–Kier alpha value is -1.23. The molecule has 0 bridgehead atoms. The first-order valence-electron chi connectivity index (χ1n) is 3.29. The van der Waals surface area contributed by atoms with Gasteiger partial charge in [0.05, 0.1) is 5.39 Å². The normalized spacial score (nSPS) is 10.4. The van der Waals surface area contributed by atoms with E-state index in [1.54, 1.807) is 6.20 Å². The smallest absolute Gasteiger partial charge is 0.164 e. The van der Waals surface area contributed by atoms with Crippen LogP contribution in [0, 0.1) is 0 Å². The van der Waals surface area contributed by atoms with E-state index in [0.717, 1.165) is 9.86 Å². The summed E-state index contributed by atoms with van der Waals surface area (Å²) in [4.78, 5) is 11.9. The number of pyridine rings is 1. The number of hydrogen-bond donors (Lipinski definition) is 1. The van der Waals surface area contributed by atoms with Crippen molar-refractivity contribution in [2.24, 2.45) is 0 Å². The third-order valence-electron chi connectivity index (χ3n) is 1.49. The van der Waals surface area contributed by atoms with Gasteiger partial charge >= 0.3 is 0 Å². The number of hydrogen-bond acceptors (Lipinski definition) is 4. The van der Waals surface area contributed by atoms with Gasteiger partial charge in [0, 0.05) is 10.7 Å². The van der Waals surface area contributed by atoms with E-state index in [-0.39, 0.29) is 0 Å². The second kappa shape index (κ2) is 2.67. The molecule has 0 fully saturated rings. The van der Waals surface area contributed by atoms with Gasteiger partial charge in [-0.3, -0.25) is 0 Å². The minimum Gasteiger partial charge on any atom is -0.383 e. The minimum atomic E-state index is 0.453. The van der Waals surface area contributed by atoms with E-state index < -0.39 is 0 Å². The highest BCUT2D eigenvalue weighted by atomic mass is 79.9. The van der Waals surface area contributed by atoms with Gasteiger partial charge in [-0.2, -0.15) is 0 Å². The molecule has 2 aromatic rings. The number of nitrogens with zero attached hydrogens (tertiary/aromatic N) is 3. The van der Waals surface area contributed by atoms with Gasteiger partial charge in [0.1, 0.15) is 12.1 Å². The maximum atomic E-state index is 5.61. The second-order valence-corrected chi connectivity index (χ2v) is 3.20. The Morgan fingerprint density at radius 1 is 1.25 bits per heavy atom. The van der Waals surface area contributed by atoms with Gasteiger partial charge in [-0.15, -0.1) is 0 Å². The summed E-state index contributed by atoms with van der Waals surface area (Å²) in [5.41, 5.74) is 6.23. The average molecular weight is 225 g/mol. The van der Waals surface area contributed by atoms with Gasteiger partial charge < -0.3 is 5.73 Å². The van der Waals surface area contributed by atoms with E-state index >= 15 is 0 Å². The lowest BCUT2D eigenvalue weighted by Gasteiger charge is -1.98. The molecule has 0 amide bonds. The average Bonchev–Trinajstić information content (AvgIpc) is 2.07. The van der Waals surface area contributed by atoms with Crippen molar-refractivity contribution in [3.05, 3.63) is 23.1 Å². The van der Waals surface area contributed by atoms with Crippen LogP contribution in [0.5, 0.6) is 0 Å². The summed E-state index contributed by atoms with van der Waals surface area (Å²) < 4.78 is 0.872. The Balaban J connectivity index is 2.88. The van der Waals surface area contributed by atoms with Gasteiger partial charge in [-0.25, -0.2) is 15.0 Å². The number of nitrogen functional groups attached to an aromatic ring is 1. The van der Waals surface area contributed by atoms with E-state index in [2.05, 4.69) is 30.9 Å². The molecule has 12 heavy (non-hydrogen) atoms. The molecule has 0 saturated carbocycles. The maximum Gasteiger partial charge on any atom is 0.164 e. The molecule has 0 aliphatic heterocycles. The van der Waals surface area contributed by atoms with Crippen LogP contribution in [0.25, 0.3) is 11.0 Å². The highest BCUT2D eigenvalue weighted by Gasteiger charge is 2.00. The van der Waals surface area contributed by atoms with E-state index in [4.69, 9.17) is 5.73 Å². The van der Waals surface area contributed by atoms with Gasteiger partial charge in [-0.05, 0) is 22.0 Å². The van der Waals surface area contributed by atoms with E-state index in [1.165, 1.54) is 6.33 Å². The number of fused-ring (bicyclic) bond motifs is 1. The first-order chi connectivity index (χ1) is 5.77. The van der Waals surface area contributed by atoms with Crippen LogP contribution in [0.4, 0.5) is 5.82 Å². The topological polar surface area (TPSA) is 64.7 Å². The fourth-order valence-corrected chi connectivity index (χ4v) is 1.27. The van der Waals surface area contributed by atoms with Crippen LogP contribution >= 0.6 is 15.9 Å². The van der Waals surface area contributed by atoms with Gasteiger partial charge in [-0.1, -0.05) is 0 Å². The van der Waals surface area contributed by atoms with Gasteiger partial charge in [0.2, 0.25) is 0 Å². The Morgan fingerprint density at radius 3 is 2.92 bits per heavy atom. The number of rotatable bonds is 0. The van der Waals surface area contributed by atoms with Gasteiger partial charge in [0.25, 0.3) is 0 Å². The summed E-state index contributed by atoms with van der Waals surface area (Å²) >= 11 is 3.29. The van der Waals surface area contributed by atoms with E-state index in [0.29, 0.717) is 11.5 Å². The van der Waals surface area contributed by atoms with Crippen molar-refractivity contribution in [3.8, 4) is 0 Å².